The van der Waals surface area contributed by atoms with Gasteiger partial charge in [-0.15, -0.1) is 0 Å². The van der Waals surface area contributed by atoms with Crippen LogP contribution in [0.1, 0.15) is 48.2 Å². The number of alkyl halides is 1. The van der Waals surface area contributed by atoms with E-state index in [1.807, 2.05) is 6.07 Å². The van der Waals surface area contributed by atoms with Gasteiger partial charge in [0.25, 0.3) is 5.91 Å². The number of pyridine rings is 2. The van der Waals surface area contributed by atoms with Gasteiger partial charge >= 0.3 is 0 Å². The summed E-state index contributed by atoms with van der Waals surface area (Å²) in [6.07, 6.45) is 5.06. The van der Waals surface area contributed by atoms with Crippen molar-refractivity contribution in [3.8, 4) is 22.4 Å². The summed E-state index contributed by atoms with van der Waals surface area (Å²) in [5, 5.41) is 5.47. The minimum absolute atomic E-state index is 0.0119. The number of nitrogens with one attached hydrogen (secondary N) is 2. The van der Waals surface area contributed by atoms with Crippen molar-refractivity contribution < 1.29 is 18.4 Å². The first kappa shape index (κ1) is 26.2. The molecule has 0 spiro atoms. The second-order valence-corrected chi connectivity index (χ2v) is 10.3. The summed E-state index contributed by atoms with van der Waals surface area (Å²) in [6.45, 7) is 4.61. The van der Waals surface area contributed by atoms with Crippen molar-refractivity contribution in [1.82, 2.24) is 9.97 Å². The van der Waals surface area contributed by atoms with Crippen LogP contribution < -0.4 is 10.6 Å². The zero-order valence-electron chi connectivity index (χ0n) is 21.9. The van der Waals surface area contributed by atoms with Crippen LogP contribution in [-0.2, 0) is 10.5 Å². The van der Waals surface area contributed by atoms with E-state index < -0.39 is 17.4 Å². The molecule has 5 rings (SSSR count). The second-order valence-electron chi connectivity index (χ2n) is 10.3. The lowest BCUT2D eigenvalue weighted by atomic mass is 9.97. The largest absolute Gasteiger partial charge is 0.319 e. The summed E-state index contributed by atoms with van der Waals surface area (Å²) < 4.78 is 29.3. The SMILES string of the molecule is Cc1cc(F)c(NC(=O)c2cccc(C(C)(C)F)c2)cc1-c1ccnc(-c2ccnc(NC(=O)C3CC3)c2)c1. The highest BCUT2D eigenvalue weighted by molar-refractivity contribution is 6.04. The van der Waals surface area contributed by atoms with Crippen LogP contribution in [0.25, 0.3) is 22.4 Å². The quantitative estimate of drug-likeness (QED) is 0.270. The third-order valence-electron chi connectivity index (χ3n) is 6.70. The fraction of sp³-hybridized carbons (Fsp3) is 0.226. The maximum Gasteiger partial charge on any atom is 0.255 e. The molecular weight excluding hydrogens is 498 g/mol. The molecule has 2 N–H and O–H groups in total. The number of amides is 2. The number of aromatic nitrogens is 2. The summed E-state index contributed by atoms with van der Waals surface area (Å²) in [7, 11) is 0. The number of rotatable bonds is 7. The number of halogens is 2. The Bertz CT molecular complexity index is 1580. The molecule has 2 amide bonds. The van der Waals surface area contributed by atoms with Crippen LogP contribution in [0.5, 0.6) is 0 Å². The van der Waals surface area contributed by atoms with Crippen LogP contribution in [-0.4, -0.2) is 21.8 Å². The fourth-order valence-corrected chi connectivity index (χ4v) is 4.29. The molecule has 2 aromatic heterocycles. The Hall–Kier alpha value is -4.46. The molecule has 0 atom stereocenters. The highest BCUT2D eigenvalue weighted by atomic mass is 19.1. The zero-order chi connectivity index (χ0) is 27.7. The van der Waals surface area contributed by atoms with Gasteiger partial charge in [-0.25, -0.2) is 13.8 Å². The van der Waals surface area contributed by atoms with Crippen molar-refractivity contribution in [3.63, 3.8) is 0 Å². The standard InChI is InChI=1S/C31H28F2N4O2/c1-18-13-25(32)27(36-30(39)22-5-4-6-23(14-22)31(2,3)33)17-24(18)20-9-11-34-26(15-20)21-10-12-35-28(16-21)37-29(38)19-7-8-19/h4-6,9-17,19H,7-8H2,1-3H3,(H,36,39)(H,35,37,38). The minimum atomic E-state index is -1.62. The van der Waals surface area contributed by atoms with E-state index in [9.17, 15) is 18.4 Å². The highest BCUT2D eigenvalue weighted by Crippen LogP contribution is 2.33. The van der Waals surface area contributed by atoms with Gasteiger partial charge in [0, 0.05) is 29.4 Å². The first-order valence-corrected chi connectivity index (χ1v) is 12.7. The smallest absolute Gasteiger partial charge is 0.255 e. The van der Waals surface area contributed by atoms with E-state index in [-0.39, 0.29) is 23.1 Å². The molecule has 0 radical (unpaired) electrons. The predicted molar refractivity (Wildman–Crippen MR) is 147 cm³/mol. The Balaban J connectivity index is 1.42. The summed E-state index contributed by atoms with van der Waals surface area (Å²) in [4.78, 5) is 33.8. The molecule has 6 nitrogen and oxygen atoms in total. The number of nitrogens with zero attached hydrogens (tertiary/aromatic N) is 2. The Morgan fingerprint density at radius 1 is 0.923 bits per heavy atom. The maximum atomic E-state index is 14.9. The van der Waals surface area contributed by atoms with Crippen molar-refractivity contribution in [3.05, 3.63) is 95.6 Å². The monoisotopic (exact) mass is 526 g/mol. The Kier molecular flexibility index (Phi) is 6.95. The number of anilines is 2. The van der Waals surface area contributed by atoms with Gasteiger partial charge in [-0.05, 0) is 104 Å². The van der Waals surface area contributed by atoms with E-state index in [2.05, 4.69) is 20.6 Å². The lowest BCUT2D eigenvalue weighted by Gasteiger charge is -2.16. The second kappa shape index (κ2) is 10.4. The average molecular weight is 527 g/mol. The Labute approximate surface area is 225 Å². The minimum Gasteiger partial charge on any atom is -0.319 e. The molecule has 1 saturated carbocycles. The van der Waals surface area contributed by atoms with Gasteiger partial charge in [-0.1, -0.05) is 12.1 Å². The molecule has 0 bridgehead atoms. The molecule has 2 aromatic carbocycles. The van der Waals surface area contributed by atoms with E-state index in [0.717, 1.165) is 24.0 Å². The molecule has 198 valence electrons. The zero-order valence-corrected chi connectivity index (χ0v) is 21.9. The van der Waals surface area contributed by atoms with Gasteiger partial charge in [-0.3, -0.25) is 14.6 Å². The summed E-state index contributed by atoms with van der Waals surface area (Å²) >= 11 is 0. The lowest BCUT2D eigenvalue weighted by molar-refractivity contribution is -0.117. The number of carbonyl (C=O) groups excluding carboxylic acids is 2. The topological polar surface area (TPSA) is 84.0 Å². The van der Waals surface area contributed by atoms with Gasteiger partial charge in [0.2, 0.25) is 5.91 Å². The van der Waals surface area contributed by atoms with Crippen molar-refractivity contribution in [2.75, 3.05) is 10.6 Å². The number of hydrogen-bond donors (Lipinski definition) is 2. The van der Waals surface area contributed by atoms with Crippen LogP contribution in [0.15, 0.2) is 73.1 Å². The molecule has 0 saturated heterocycles. The van der Waals surface area contributed by atoms with E-state index in [1.165, 1.54) is 26.0 Å². The molecule has 0 unspecified atom stereocenters. The number of benzene rings is 2. The molecule has 1 fully saturated rings. The van der Waals surface area contributed by atoms with Crippen LogP contribution in [0.4, 0.5) is 20.3 Å². The van der Waals surface area contributed by atoms with E-state index in [1.54, 1.807) is 61.8 Å². The number of hydrogen-bond acceptors (Lipinski definition) is 4. The van der Waals surface area contributed by atoms with Gasteiger partial charge < -0.3 is 10.6 Å². The first-order valence-electron chi connectivity index (χ1n) is 12.7. The average Bonchev–Trinajstić information content (AvgIpc) is 3.76. The van der Waals surface area contributed by atoms with Crippen molar-refractivity contribution in [2.45, 2.75) is 39.3 Å². The fourth-order valence-electron chi connectivity index (χ4n) is 4.29. The van der Waals surface area contributed by atoms with Crippen LogP contribution in [0, 0.1) is 18.7 Å². The third-order valence-corrected chi connectivity index (χ3v) is 6.70. The van der Waals surface area contributed by atoms with Crippen LogP contribution >= 0.6 is 0 Å². The molecule has 0 aliphatic heterocycles. The number of aryl methyl sites for hydroxylation is 1. The van der Waals surface area contributed by atoms with Gasteiger partial charge in [0.1, 0.15) is 17.3 Å². The molecule has 1 aliphatic rings. The Morgan fingerprint density at radius 2 is 1.67 bits per heavy atom. The molecule has 39 heavy (non-hydrogen) atoms. The summed E-state index contributed by atoms with van der Waals surface area (Å²) in [5.41, 5.74) is 2.56. The molecule has 1 aliphatic carbocycles. The van der Waals surface area contributed by atoms with Gasteiger partial charge in [0.05, 0.1) is 11.4 Å². The van der Waals surface area contributed by atoms with Gasteiger partial charge in [-0.2, -0.15) is 0 Å². The molecular formula is C31H28F2N4O2. The van der Waals surface area contributed by atoms with Crippen LogP contribution in [0.2, 0.25) is 0 Å². The first-order chi connectivity index (χ1) is 18.6. The van der Waals surface area contributed by atoms with Crippen molar-refractivity contribution >= 4 is 23.3 Å². The summed E-state index contributed by atoms with van der Waals surface area (Å²) in [6, 6.07) is 16.4. The van der Waals surface area contributed by atoms with E-state index >= 15 is 0 Å². The highest BCUT2D eigenvalue weighted by Gasteiger charge is 2.29. The number of carbonyl (C=O) groups is 2. The third kappa shape index (κ3) is 6.00. The normalized spacial score (nSPS) is 13.2. The van der Waals surface area contributed by atoms with E-state index in [0.29, 0.717) is 28.2 Å². The van der Waals surface area contributed by atoms with Crippen LogP contribution in [0.3, 0.4) is 0 Å². The molecule has 8 heteroatoms. The predicted octanol–water partition coefficient (Wildman–Crippen LogP) is 7.06. The Morgan fingerprint density at radius 3 is 2.41 bits per heavy atom. The molecule has 2 heterocycles. The van der Waals surface area contributed by atoms with Gasteiger partial charge in [0.15, 0.2) is 0 Å². The van der Waals surface area contributed by atoms with Crippen molar-refractivity contribution in [2.24, 2.45) is 5.92 Å². The maximum absolute atomic E-state index is 14.9. The van der Waals surface area contributed by atoms with Crippen molar-refractivity contribution in [1.29, 1.82) is 0 Å². The van der Waals surface area contributed by atoms with E-state index in [4.69, 9.17) is 0 Å². The summed E-state index contributed by atoms with van der Waals surface area (Å²) in [5.74, 6) is -0.626. The lowest BCUT2D eigenvalue weighted by Crippen LogP contribution is -2.15. The molecule has 4 aromatic rings.